The number of hydrazine groups is 1. The SMILES string of the molecule is C=C.CCC(C(=O)N(O)C(C)CC#Cc1ccc(-c2cc(C(=O)NN)c3cnccc3n2)cc1)N(C=O)CC. The molecule has 39 heavy (non-hydrogen) atoms. The van der Waals surface area contributed by atoms with E-state index in [0.29, 0.717) is 46.6 Å². The summed E-state index contributed by atoms with van der Waals surface area (Å²) in [5, 5.41) is 11.6. The van der Waals surface area contributed by atoms with E-state index in [4.69, 9.17) is 5.84 Å². The molecule has 3 rings (SSSR count). The standard InChI is InChI=1S/C27H30N6O4.C2H4/c1-4-25(32(5-2)17-34)27(36)33(37)18(3)7-6-8-19-9-11-20(12-10-19)24-15-21(26(35)31-28)22-16-29-14-13-23(22)30-24;1-2/h9-18,25,37H,4-5,7,28H2,1-3H3,(H,31,35);1-2H2. The van der Waals surface area contributed by atoms with Crippen LogP contribution < -0.4 is 11.3 Å². The number of fused-ring (bicyclic) bond motifs is 1. The molecule has 4 N–H and O–H groups in total. The van der Waals surface area contributed by atoms with Gasteiger partial charge in [0.1, 0.15) is 6.04 Å². The first-order valence-corrected chi connectivity index (χ1v) is 12.4. The summed E-state index contributed by atoms with van der Waals surface area (Å²) in [5.41, 5.74) is 5.27. The summed E-state index contributed by atoms with van der Waals surface area (Å²) >= 11 is 0. The Morgan fingerprint density at radius 2 is 1.90 bits per heavy atom. The third-order valence-electron chi connectivity index (χ3n) is 6.01. The molecule has 0 saturated carbocycles. The van der Waals surface area contributed by atoms with Gasteiger partial charge in [0, 0.05) is 41.9 Å². The minimum atomic E-state index is -0.716. The molecule has 0 aliphatic heterocycles. The minimum Gasteiger partial charge on any atom is -0.333 e. The van der Waals surface area contributed by atoms with Crippen LogP contribution in [0, 0.1) is 11.8 Å². The van der Waals surface area contributed by atoms with E-state index in [1.807, 2.05) is 24.3 Å². The Morgan fingerprint density at radius 3 is 2.49 bits per heavy atom. The summed E-state index contributed by atoms with van der Waals surface area (Å²) < 4.78 is 0. The van der Waals surface area contributed by atoms with Crippen LogP contribution in [0.1, 0.15) is 49.5 Å². The maximum atomic E-state index is 12.6. The number of pyridine rings is 2. The van der Waals surface area contributed by atoms with Crippen LogP contribution in [0.5, 0.6) is 0 Å². The number of carbonyl (C=O) groups is 3. The first-order chi connectivity index (χ1) is 18.8. The summed E-state index contributed by atoms with van der Waals surface area (Å²) in [6, 6.07) is 9.46. The highest BCUT2D eigenvalue weighted by molar-refractivity contribution is 6.06. The molecule has 10 nitrogen and oxygen atoms in total. The summed E-state index contributed by atoms with van der Waals surface area (Å²) in [6.07, 6.45) is 4.43. The van der Waals surface area contributed by atoms with Crippen molar-refractivity contribution in [3.63, 3.8) is 0 Å². The van der Waals surface area contributed by atoms with Crippen molar-refractivity contribution in [3.8, 4) is 23.1 Å². The van der Waals surface area contributed by atoms with Crippen molar-refractivity contribution in [3.05, 3.63) is 73.1 Å². The van der Waals surface area contributed by atoms with Gasteiger partial charge in [-0.15, -0.1) is 13.2 Å². The molecule has 2 aromatic heterocycles. The number of aromatic nitrogens is 2. The lowest BCUT2D eigenvalue weighted by Crippen LogP contribution is -2.49. The van der Waals surface area contributed by atoms with Gasteiger partial charge in [0.25, 0.3) is 11.8 Å². The van der Waals surface area contributed by atoms with Crippen LogP contribution >= 0.6 is 0 Å². The van der Waals surface area contributed by atoms with Crippen LogP contribution in [0.3, 0.4) is 0 Å². The number of nitrogens with zero attached hydrogens (tertiary/aromatic N) is 4. The molecule has 1 aromatic carbocycles. The number of nitrogens with one attached hydrogen (secondary N) is 1. The predicted octanol–water partition coefficient (Wildman–Crippen LogP) is 3.31. The average Bonchev–Trinajstić information content (AvgIpc) is 2.99. The molecular formula is C29H34N6O4. The number of carbonyl (C=O) groups excluding carboxylic acids is 3. The van der Waals surface area contributed by atoms with Gasteiger partial charge in [-0.2, -0.15) is 0 Å². The zero-order valence-electron chi connectivity index (χ0n) is 22.4. The summed E-state index contributed by atoms with van der Waals surface area (Å²) in [6.45, 7) is 11.6. The zero-order chi connectivity index (χ0) is 28.9. The number of hydrogen-bond acceptors (Lipinski definition) is 7. The highest BCUT2D eigenvalue weighted by Crippen LogP contribution is 2.24. The molecule has 3 aromatic rings. The predicted molar refractivity (Wildman–Crippen MR) is 150 cm³/mol. The molecule has 0 spiro atoms. The lowest BCUT2D eigenvalue weighted by Gasteiger charge is -2.30. The smallest absolute Gasteiger partial charge is 0.268 e. The third-order valence-corrected chi connectivity index (χ3v) is 6.01. The van der Waals surface area contributed by atoms with Crippen molar-refractivity contribution in [1.29, 1.82) is 0 Å². The third kappa shape index (κ3) is 7.47. The lowest BCUT2D eigenvalue weighted by molar-refractivity contribution is -0.180. The number of nitrogens with two attached hydrogens (primary N) is 1. The molecule has 3 amide bonds. The van der Waals surface area contributed by atoms with Crippen molar-refractivity contribution in [1.82, 2.24) is 25.4 Å². The highest BCUT2D eigenvalue weighted by Gasteiger charge is 2.28. The molecule has 2 unspecified atom stereocenters. The average molecular weight is 531 g/mol. The van der Waals surface area contributed by atoms with E-state index in [9.17, 15) is 19.6 Å². The number of nitrogen functional groups attached to an aromatic ring is 1. The summed E-state index contributed by atoms with van der Waals surface area (Å²) in [7, 11) is 0. The van der Waals surface area contributed by atoms with E-state index in [1.54, 1.807) is 45.3 Å². The second kappa shape index (κ2) is 15.0. The van der Waals surface area contributed by atoms with E-state index < -0.39 is 23.9 Å². The number of hydrogen-bond donors (Lipinski definition) is 3. The zero-order valence-corrected chi connectivity index (χ0v) is 22.4. The van der Waals surface area contributed by atoms with Crippen molar-refractivity contribution in [2.24, 2.45) is 5.84 Å². The van der Waals surface area contributed by atoms with Gasteiger partial charge in [0.05, 0.1) is 22.8 Å². The Hall–Kier alpha value is -4.59. The van der Waals surface area contributed by atoms with E-state index >= 15 is 0 Å². The highest BCUT2D eigenvalue weighted by atomic mass is 16.5. The van der Waals surface area contributed by atoms with E-state index in [1.165, 1.54) is 4.90 Å². The molecule has 0 fully saturated rings. The molecule has 0 aliphatic carbocycles. The number of likely N-dealkylation sites (N-methyl/N-ethyl adjacent to an activating group) is 1. The molecule has 0 radical (unpaired) electrons. The van der Waals surface area contributed by atoms with Gasteiger partial charge in [-0.1, -0.05) is 30.9 Å². The minimum absolute atomic E-state index is 0.242. The fourth-order valence-corrected chi connectivity index (χ4v) is 3.88. The fraction of sp³-hybridized carbons (Fsp3) is 0.276. The second-order valence-corrected chi connectivity index (χ2v) is 8.40. The van der Waals surface area contributed by atoms with Gasteiger partial charge < -0.3 is 4.90 Å². The Labute approximate surface area is 228 Å². The first-order valence-electron chi connectivity index (χ1n) is 12.4. The van der Waals surface area contributed by atoms with Crippen LogP contribution in [0.25, 0.3) is 22.2 Å². The van der Waals surface area contributed by atoms with Crippen LogP contribution in [-0.2, 0) is 9.59 Å². The largest absolute Gasteiger partial charge is 0.333 e. The van der Waals surface area contributed by atoms with Crippen molar-refractivity contribution < 1.29 is 19.6 Å². The second-order valence-electron chi connectivity index (χ2n) is 8.40. The van der Waals surface area contributed by atoms with Crippen LogP contribution in [-0.4, -0.2) is 62.0 Å². The maximum absolute atomic E-state index is 12.6. The lowest BCUT2D eigenvalue weighted by atomic mass is 10.0. The number of rotatable bonds is 9. The normalized spacial score (nSPS) is 11.6. The van der Waals surface area contributed by atoms with Crippen LogP contribution in [0.4, 0.5) is 0 Å². The summed E-state index contributed by atoms with van der Waals surface area (Å²) in [5.74, 6) is 10.4. The van der Waals surface area contributed by atoms with Crippen molar-refractivity contribution in [2.45, 2.75) is 45.7 Å². The Morgan fingerprint density at radius 1 is 1.21 bits per heavy atom. The number of benzene rings is 1. The Balaban J connectivity index is 0.00000260. The number of amides is 3. The molecule has 10 heteroatoms. The Bertz CT molecular complexity index is 1350. The fourth-order valence-electron chi connectivity index (χ4n) is 3.88. The van der Waals surface area contributed by atoms with Gasteiger partial charge in [0.2, 0.25) is 6.41 Å². The molecule has 2 atom stereocenters. The van der Waals surface area contributed by atoms with Gasteiger partial charge in [-0.25, -0.2) is 15.9 Å². The maximum Gasteiger partial charge on any atom is 0.268 e. The van der Waals surface area contributed by atoms with E-state index in [2.05, 4.69) is 40.4 Å². The molecular weight excluding hydrogens is 496 g/mol. The van der Waals surface area contributed by atoms with Gasteiger partial charge >= 0.3 is 0 Å². The van der Waals surface area contributed by atoms with Gasteiger partial charge in [0.15, 0.2) is 0 Å². The molecule has 0 saturated heterocycles. The monoisotopic (exact) mass is 530 g/mol. The topological polar surface area (TPSA) is 142 Å². The van der Waals surface area contributed by atoms with Gasteiger partial charge in [-0.05, 0) is 44.5 Å². The molecule has 0 bridgehead atoms. The van der Waals surface area contributed by atoms with Crippen molar-refractivity contribution in [2.75, 3.05) is 6.54 Å². The number of hydroxylamine groups is 2. The molecule has 0 aliphatic rings. The van der Waals surface area contributed by atoms with Crippen molar-refractivity contribution >= 4 is 29.1 Å². The van der Waals surface area contributed by atoms with E-state index in [0.717, 1.165) is 11.1 Å². The molecule has 2 heterocycles. The Kier molecular flexibility index (Phi) is 11.8. The van der Waals surface area contributed by atoms with Crippen LogP contribution in [0.15, 0.2) is 61.9 Å². The molecule has 204 valence electrons. The van der Waals surface area contributed by atoms with Crippen LogP contribution in [0.2, 0.25) is 0 Å². The van der Waals surface area contributed by atoms with Gasteiger partial charge in [-0.3, -0.25) is 30.0 Å². The first kappa shape index (κ1) is 30.6. The summed E-state index contributed by atoms with van der Waals surface area (Å²) in [4.78, 5) is 46.2. The quantitative estimate of drug-likeness (QED) is 0.0733. The van der Waals surface area contributed by atoms with E-state index in [-0.39, 0.29) is 6.42 Å².